The molecule has 4 aromatic heterocycles. The topological polar surface area (TPSA) is 341 Å². The maximum Gasteiger partial charge on any atom is 0.472 e. The van der Waals surface area contributed by atoms with Gasteiger partial charge in [-0.2, -0.15) is 19.3 Å². The first-order chi connectivity index (χ1) is 21.7. The van der Waals surface area contributed by atoms with E-state index in [2.05, 4.69) is 29.9 Å². The predicted molar refractivity (Wildman–Crippen MR) is 146 cm³/mol. The summed E-state index contributed by atoms with van der Waals surface area (Å²) in [5.41, 5.74) is 9.94. The second-order valence-corrected chi connectivity index (χ2v) is 12.4. The first kappa shape index (κ1) is 32.4. The highest BCUT2D eigenvalue weighted by atomic mass is 31.2. The van der Waals surface area contributed by atoms with Crippen LogP contribution >= 0.6 is 15.9 Å². The average molecular weight is 694 g/mol. The maximum atomic E-state index is 13.8. The van der Waals surface area contributed by atoms with E-state index in [0.29, 0.717) is 0 Å². The van der Waals surface area contributed by atoms with E-state index in [-0.39, 0.29) is 34.1 Å². The molecule has 2 aliphatic rings. The molecule has 23 nitrogen and oxygen atoms in total. The molecule has 46 heavy (non-hydrogen) atoms. The summed E-state index contributed by atoms with van der Waals surface area (Å²) in [6.45, 7) is -0.872. The van der Waals surface area contributed by atoms with Gasteiger partial charge in [0.05, 0.1) is 19.3 Å². The summed E-state index contributed by atoms with van der Waals surface area (Å²) in [5.74, 6) is -0.615. The lowest BCUT2D eigenvalue weighted by Gasteiger charge is -2.24. The molecule has 10 atom stereocenters. The number of nitrogens with two attached hydrogens (primary N) is 2. The van der Waals surface area contributed by atoms with Crippen molar-refractivity contribution in [1.29, 1.82) is 0 Å². The average Bonchev–Trinajstić information content (AvgIpc) is 3.72. The van der Waals surface area contributed by atoms with Crippen LogP contribution in [-0.2, 0) is 32.4 Å². The Hall–Kier alpha value is -3.51. The van der Waals surface area contributed by atoms with E-state index in [9.17, 15) is 38.5 Å². The Morgan fingerprint density at radius 1 is 1.02 bits per heavy atom. The molecule has 6 rings (SSSR count). The van der Waals surface area contributed by atoms with Gasteiger partial charge in [0.15, 0.2) is 46.9 Å². The van der Waals surface area contributed by atoms with Crippen molar-refractivity contribution in [3.63, 3.8) is 0 Å². The Balaban J connectivity index is 1.20. The summed E-state index contributed by atoms with van der Waals surface area (Å²) in [6.07, 6.45) is -13.1. The number of phosphoric acid groups is 1. The molecule has 0 amide bonds. The molecule has 250 valence electrons. The number of aliphatic hydroxyl groups excluding tert-OH is 3. The van der Waals surface area contributed by atoms with Crippen molar-refractivity contribution in [3.8, 4) is 0 Å². The lowest BCUT2D eigenvalue weighted by molar-refractivity contribution is -0.166. The smallest absolute Gasteiger partial charge is 0.387 e. The molecule has 6 heterocycles. The molecule has 0 spiro atoms. The van der Waals surface area contributed by atoms with E-state index in [1.165, 1.54) is 0 Å². The lowest BCUT2D eigenvalue weighted by atomic mass is 10.1. The van der Waals surface area contributed by atoms with Crippen LogP contribution in [0.5, 0.6) is 0 Å². The molecule has 10 N–H and O–H groups in total. The Morgan fingerprint density at radius 3 is 2.41 bits per heavy atom. The number of imidazole rings is 2. The largest absolute Gasteiger partial charge is 0.472 e. The number of phosphoric ester groups is 1. The van der Waals surface area contributed by atoms with E-state index in [1.807, 2.05) is 0 Å². The zero-order valence-corrected chi connectivity index (χ0v) is 24.7. The summed E-state index contributed by atoms with van der Waals surface area (Å²) >= 11 is 0. The maximum absolute atomic E-state index is 13.8. The molecular formula is C20H25FN10O13P2. The van der Waals surface area contributed by atoms with Crippen molar-refractivity contribution in [1.82, 2.24) is 39.0 Å². The van der Waals surface area contributed by atoms with E-state index < -0.39 is 89.7 Å². The number of hydrogen-bond donors (Lipinski definition) is 8. The van der Waals surface area contributed by atoms with Crippen LogP contribution in [0.2, 0.25) is 0 Å². The van der Waals surface area contributed by atoms with E-state index >= 15 is 0 Å². The molecule has 0 radical (unpaired) electrons. The van der Waals surface area contributed by atoms with Crippen molar-refractivity contribution in [2.45, 2.75) is 49.3 Å². The number of H-pyrrole nitrogens is 1. The van der Waals surface area contributed by atoms with Gasteiger partial charge in [-0.1, -0.05) is 0 Å². The molecule has 4 aromatic rings. The first-order valence-electron chi connectivity index (χ1n) is 13.0. The van der Waals surface area contributed by atoms with Crippen LogP contribution in [0.1, 0.15) is 12.5 Å². The highest BCUT2D eigenvalue weighted by Gasteiger charge is 2.51. The van der Waals surface area contributed by atoms with Crippen LogP contribution < -0.4 is 17.0 Å². The van der Waals surface area contributed by atoms with Crippen molar-refractivity contribution >= 4 is 49.9 Å². The van der Waals surface area contributed by atoms with Crippen LogP contribution in [-0.4, -0.2) is 114 Å². The Kier molecular flexibility index (Phi) is 8.64. The number of nitrogens with zero attached hydrogens (tertiary/aromatic N) is 7. The Bertz CT molecular complexity index is 1910. The van der Waals surface area contributed by atoms with E-state index in [4.69, 9.17) is 39.6 Å². The summed E-state index contributed by atoms with van der Waals surface area (Å²) in [5, 5.41) is 32.1. The standard InChI is InChI=1S/C20H25FN10O13P2/c21-19-26-12(22)6-13(27-19)30(2-24-6)16-9(33)8(32)5(42-16)1-41-46(38,39)44-11-10(34)18(40-4-45(36)37)43-17(11)31-3-25-7-14(31)28-20(23)29-15(7)35/h2-3,5,8-11,16-18,32-34,45H,1,4H2,(H,36,37)(H,38,39)(H2,22,26,27)(H3,23,28,29,35)/t5-,8+,9?,10-,11+,16-,17-,18+/m1/s1. The third-order valence-electron chi connectivity index (χ3n) is 6.96. The summed E-state index contributed by atoms with van der Waals surface area (Å²) in [4.78, 5) is 53.0. The third-order valence-corrected chi connectivity index (χ3v) is 8.35. The van der Waals surface area contributed by atoms with Gasteiger partial charge in [0, 0.05) is 0 Å². The lowest BCUT2D eigenvalue weighted by Crippen LogP contribution is -2.36. The second-order valence-electron chi connectivity index (χ2n) is 9.95. The summed E-state index contributed by atoms with van der Waals surface area (Å²) in [6, 6.07) is 0. The molecule has 0 aromatic carbocycles. The normalized spacial score (nSPS) is 30.3. The van der Waals surface area contributed by atoms with Gasteiger partial charge < -0.3 is 50.8 Å². The number of fused-ring (bicyclic) bond motifs is 2. The minimum absolute atomic E-state index is 0.0199. The summed E-state index contributed by atoms with van der Waals surface area (Å²) < 4.78 is 66.8. The van der Waals surface area contributed by atoms with Gasteiger partial charge in [-0.25, -0.2) is 14.5 Å². The number of nitrogen functional groups attached to an aromatic ring is 2. The number of aromatic amines is 1. The fraction of sp³-hybridized carbons (Fsp3) is 0.500. The number of ether oxygens (including phenoxy) is 3. The molecule has 2 aliphatic heterocycles. The highest BCUT2D eigenvalue weighted by Crippen LogP contribution is 2.50. The minimum Gasteiger partial charge on any atom is -0.387 e. The van der Waals surface area contributed by atoms with Gasteiger partial charge >= 0.3 is 13.9 Å². The first-order valence-corrected chi connectivity index (χ1v) is 16.0. The number of halogens is 1. The summed E-state index contributed by atoms with van der Waals surface area (Å²) in [7, 11) is -8.42. The fourth-order valence-corrected chi connectivity index (χ4v) is 6.16. The van der Waals surface area contributed by atoms with Gasteiger partial charge in [0.1, 0.15) is 36.9 Å². The number of anilines is 2. The molecule has 0 aliphatic carbocycles. The SMILES string of the molecule is Nc1nc2c(ncn2[C@@H]2O[C@H](OC[PH](=O)O)[C@H](O)[C@@H]2OP(=O)(O)OC[C@H]2O[C@@H](n3cnc4c(N)nc(F)nc43)C(O)[C@H]2O)c(=O)[nH]1. The molecule has 2 saturated heterocycles. The number of aliphatic hydroxyl groups is 3. The highest BCUT2D eigenvalue weighted by molar-refractivity contribution is 7.47. The predicted octanol–water partition coefficient (Wildman–Crippen LogP) is -2.96. The third kappa shape index (κ3) is 6.01. The number of aromatic nitrogens is 8. The number of hydrogen-bond acceptors (Lipinski definition) is 18. The Labute approximate surface area is 254 Å². The van der Waals surface area contributed by atoms with Crippen molar-refractivity contribution in [2.24, 2.45) is 0 Å². The minimum atomic E-state index is -5.22. The zero-order valence-electron chi connectivity index (χ0n) is 22.8. The van der Waals surface area contributed by atoms with Crippen LogP contribution in [0.25, 0.3) is 22.3 Å². The van der Waals surface area contributed by atoms with Crippen LogP contribution in [0.3, 0.4) is 0 Å². The van der Waals surface area contributed by atoms with Crippen LogP contribution in [0.15, 0.2) is 17.4 Å². The van der Waals surface area contributed by atoms with Crippen LogP contribution in [0, 0.1) is 6.08 Å². The van der Waals surface area contributed by atoms with Crippen molar-refractivity contribution in [3.05, 3.63) is 29.1 Å². The van der Waals surface area contributed by atoms with Gasteiger partial charge in [-0.3, -0.25) is 32.5 Å². The second kappa shape index (κ2) is 12.3. The van der Waals surface area contributed by atoms with Gasteiger partial charge in [-0.15, -0.1) is 0 Å². The molecule has 3 unspecified atom stereocenters. The number of nitrogens with one attached hydrogen (secondary N) is 1. The Morgan fingerprint density at radius 2 is 1.70 bits per heavy atom. The van der Waals surface area contributed by atoms with Crippen LogP contribution in [0.4, 0.5) is 16.2 Å². The fourth-order valence-electron chi connectivity index (χ4n) is 4.92. The molecule has 2 fully saturated rings. The quantitative estimate of drug-likeness (QED) is 0.0607. The zero-order chi connectivity index (χ0) is 33.1. The monoisotopic (exact) mass is 694 g/mol. The molecule has 0 saturated carbocycles. The molecule has 26 heteroatoms. The van der Waals surface area contributed by atoms with Crippen molar-refractivity contribution in [2.75, 3.05) is 24.4 Å². The molecular weight excluding hydrogens is 669 g/mol. The van der Waals surface area contributed by atoms with E-state index in [0.717, 1.165) is 21.8 Å². The van der Waals surface area contributed by atoms with Gasteiger partial charge in [0.2, 0.25) is 14.0 Å². The van der Waals surface area contributed by atoms with Gasteiger partial charge in [-0.05, 0) is 0 Å². The molecule has 0 bridgehead atoms. The van der Waals surface area contributed by atoms with Crippen molar-refractivity contribution < 1.29 is 61.9 Å². The van der Waals surface area contributed by atoms with E-state index in [1.54, 1.807) is 0 Å². The number of rotatable bonds is 10. The van der Waals surface area contributed by atoms with Gasteiger partial charge in [0.25, 0.3) is 5.56 Å².